The summed E-state index contributed by atoms with van der Waals surface area (Å²) in [7, 11) is -11.3. The summed E-state index contributed by atoms with van der Waals surface area (Å²) in [6.45, 7) is 7.57. The van der Waals surface area contributed by atoms with Crippen molar-refractivity contribution in [2.75, 3.05) is 6.06 Å². The molecule has 0 saturated carbocycles. The fourth-order valence-corrected chi connectivity index (χ4v) is 13.8. The number of hydrogen-bond acceptors (Lipinski definition) is 3. The Kier molecular flexibility index (Phi) is 7.52. The molecule has 3 rings (SSSR count). The van der Waals surface area contributed by atoms with E-state index in [0.29, 0.717) is 0 Å². The van der Waals surface area contributed by atoms with Gasteiger partial charge in [0.2, 0.25) is 18.0 Å². The molecule has 0 N–H and O–H groups in total. The molecule has 1 heterocycles. The molecule has 0 aliphatic carbocycles. The Bertz CT molecular complexity index is 1490. The molecule has 0 saturated heterocycles. The zero-order chi connectivity index (χ0) is 31.3. The third-order valence-electron chi connectivity index (χ3n) is 7.23. The van der Waals surface area contributed by atoms with Gasteiger partial charge in [0.25, 0.3) is 0 Å². The van der Waals surface area contributed by atoms with Gasteiger partial charge >= 0.3 is 15.6 Å². The van der Waals surface area contributed by atoms with Crippen LogP contribution in [0.4, 0.5) is 52.7 Å². The highest BCUT2D eigenvalue weighted by Gasteiger charge is 2.71. The van der Waals surface area contributed by atoms with Gasteiger partial charge in [0.1, 0.15) is 22.8 Å². The van der Waals surface area contributed by atoms with Gasteiger partial charge < -0.3 is 4.10 Å². The predicted octanol–water partition coefficient (Wildman–Crippen LogP) is 5.66. The van der Waals surface area contributed by atoms with Crippen molar-refractivity contribution in [3.63, 3.8) is 0 Å². The molecule has 0 radical (unpaired) electrons. The van der Waals surface area contributed by atoms with Gasteiger partial charge in [-0.15, -0.1) is 0 Å². The average molecular weight is 634 g/mol. The Labute approximate surface area is 221 Å². The van der Waals surface area contributed by atoms with Crippen LogP contribution in [-0.4, -0.2) is 36.6 Å². The fraction of sp³-hybridized carbons (Fsp3) is 0.455. The Hall–Kier alpha value is -2.00. The largest absolute Gasteiger partial charge is 0.519 e. The molecule has 224 valence electrons. The first-order valence-corrected chi connectivity index (χ1v) is 14.6. The van der Waals surface area contributed by atoms with E-state index >= 15 is 17.6 Å². The molecular weight excluding hydrogens is 614 g/mol. The molecule has 1 aliphatic heterocycles. The Morgan fingerprint density at radius 3 is 1.27 bits per heavy atom. The van der Waals surface area contributed by atoms with Crippen LogP contribution < -0.4 is 16.2 Å². The smallest absolute Gasteiger partial charge is 0.466 e. The normalized spacial score (nSPS) is 19.8. The van der Waals surface area contributed by atoms with E-state index in [1.165, 1.54) is 41.5 Å². The van der Waals surface area contributed by atoms with Crippen LogP contribution in [-0.2, 0) is 14.2 Å². The summed E-state index contributed by atoms with van der Waals surface area (Å²) in [6, 6.07) is -1.51. The van der Waals surface area contributed by atoms with Crippen LogP contribution in [0.3, 0.4) is 0 Å². The van der Waals surface area contributed by atoms with Crippen molar-refractivity contribution in [3.8, 4) is 0 Å². The van der Waals surface area contributed by atoms with Gasteiger partial charge in [-0.05, 0) is 47.6 Å². The number of alkyl halides is 3. The second kappa shape index (κ2) is 9.25. The van der Waals surface area contributed by atoms with Crippen LogP contribution in [0.15, 0.2) is 0 Å². The van der Waals surface area contributed by atoms with Gasteiger partial charge in [-0.25, -0.2) is 35.1 Å². The van der Waals surface area contributed by atoms with E-state index < -0.39 is 114 Å². The second-order valence-corrected chi connectivity index (χ2v) is 18.0. The summed E-state index contributed by atoms with van der Waals surface area (Å²) in [5.74, 6) is -24.4. The minimum Gasteiger partial charge on any atom is -0.466 e. The lowest BCUT2D eigenvalue weighted by Gasteiger charge is -2.48. The van der Waals surface area contributed by atoms with Crippen LogP contribution in [0.5, 0.6) is 0 Å². The standard InChI is InChI=1S/C22H20BF12O3PS/c1-20(2,3)39(21(4,5)6)7-23(38-40(36,37)22(33,34)35,8-10(24)13(27)16(30)14(28)11(8)25)9-12(26)15(29)17(31)18(32)19(9)39/h7H2,1-6H3. The van der Waals surface area contributed by atoms with Gasteiger partial charge in [0.05, 0.1) is 10.3 Å². The molecule has 0 spiro atoms. The van der Waals surface area contributed by atoms with Crippen molar-refractivity contribution in [2.45, 2.75) is 57.4 Å². The number of benzene rings is 2. The molecule has 1 unspecified atom stereocenters. The van der Waals surface area contributed by atoms with Gasteiger partial charge in [-0.1, -0.05) is 10.9 Å². The molecule has 0 fully saturated rings. The number of hydrogen-bond donors (Lipinski definition) is 0. The maximum absolute atomic E-state index is 15.7. The van der Waals surface area contributed by atoms with E-state index in [9.17, 15) is 43.5 Å². The summed E-state index contributed by atoms with van der Waals surface area (Å²) >= 11 is 0. The van der Waals surface area contributed by atoms with E-state index in [0.717, 1.165) is 0 Å². The third-order valence-corrected chi connectivity index (χ3v) is 15.2. The lowest BCUT2D eigenvalue weighted by molar-refractivity contribution is -0.0502. The lowest BCUT2D eigenvalue weighted by atomic mass is 9.33. The zero-order valence-corrected chi connectivity index (χ0v) is 23.1. The maximum atomic E-state index is 15.7. The van der Waals surface area contributed by atoms with E-state index in [2.05, 4.69) is 4.10 Å². The Balaban J connectivity index is 2.83. The molecule has 0 amide bonds. The van der Waals surface area contributed by atoms with Gasteiger partial charge in [-0.3, -0.25) is 0 Å². The van der Waals surface area contributed by atoms with Gasteiger partial charge in [0.15, 0.2) is 23.3 Å². The van der Waals surface area contributed by atoms with E-state index in [1.54, 1.807) is 0 Å². The average Bonchev–Trinajstić information content (AvgIpc) is 3.10. The van der Waals surface area contributed by atoms with Crippen molar-refractivity contribution < 1.29 is 65.2 Å². The molecule has 1 aliphatic rings. The van der Waals surface area contributed by atoms with E-state index in [1.807, 2.05) is 0 Å². The molecule has 2 aromatic carbocycles. The first-order valence-electron chi connectivity index (χ1n) is 11.2. The molecule has 2 aromatic rings. The van der Waals surface area contributed by atoms with E-state index in [-0.39, 0.29) is 0 Å². The Morgan fingerprint density at radius 2 is 0.925 bits per heavy atom. The van der Waals surface area contributed by atoms with Crippen molar-refractivity contribution >= 4 is 40.0 Å². The molecule has 1 atom stereocenters. The first-order chi connectivity index (χ1) is 17.7. The van der Waals surface area contributed by atoms with Crippen molar-refractivity contribution in [3.05, 3.63) is 52.4 Å². The monoisotopic (exact) mass is 634 g/mol. The predicted molar refractivity (Wildman–Crippen MR) is 125 cm³/mol. The highest BCUT2D eigenvalue weighted by Crippen LogP contribution is 2.78. The number of rotatable bonds is 3. The van der Waals surface area contributed by atoms with Gasteiger partial charge in [0, 0.05) is 7.26 Å². The molecule has 40 heavy (non-hydrogen) atoms. The van der Waals surface area contributed by atoms with E-state index in [4.69, 9.17) is 0 Å². The SMILES string of the molecule is CC(C)(C)[P+]1(C(C)(C)C)C[B-](OS(=O)(=O)C(F)(F)F)(c2c(F)c(F)c(F)c(F)c2F)c2c(F)c(F)c(F)c(F)c21. The van der Waals surface area contributed by atoms with Crippen LogP contribution in [0, 0.1) is 52.4 Å². The van der Waals surface area contributed by atoms with Gasteiger partial charge in [-0.2, -0.15) is 26.0 Å². The summed E-state index contributed by atoms with van der Waals surface area (Å²) in [5.41, 5.74) is -10.7. The Morgan fingerprint density at radius 1 is 0.600 bits per heavy atom. The van der Waals surface area contributed by atoms with Crippen LogP contribution in [0.25, 0.3) is 0 Å². The number of fused-ring (bicyclic) bond motifs is 1. The van der Waals surface area contributed by atoms with Crippen LogP contribution >= 0.6 is 7.26 Å². The molecule has 0 aromatic heterocycles. The van der Waals surface area contributed by atoms with Crippen molar-refractivity contribution in [2.24, 2.45) is 0 Å². The third kappa shape index (κ3) is 4.16. The lowest BCUT2D eigenvalue weighted by Crippen LogP contribution is -2.68. The molecular formula is C22H20BF12O3PS. The minimum atomic E-state index is -7.13. The minimum absolute atomic E-state index is 1.26. The van der Waals surface area contributed by atoms with Crippen molar-refractivity contribution in [1.29, 1.82) is 0 Å². The quantitative estimate of drug-likeness (QED) is 0.110. The first kappa shape index (κ1) is 32.5. The van der Waals surface area contributed by atoms with Crippen LogP contribution in [0.2, 0.25) is 0 Å². The van der Waals surface area contributed by atoms with Crippen LogP contribution in [0.1, 0.15) is 41.5 Å². The summed E-state index contributed by atoms with van der Waals surface area (Å²) in [6.07, 6.45) is -5.27. The molecule has 0 bridgehead atoms. The second-order valence-electron chi connectivity index (χ2n) is 11.3. The summed E-state index contributed by atoms with van der Waals surface area (Å²) < 4.78 is 203. The highest BCUT2D eigenvalue weighted by atomic mass is 32.2. The van der Waals surface area contributed by atoms with Crippen molar-refractivity contribution in [1.82, 2.24) is 0 Å². The number of halogens is 12. The highest BCUT2D eigenvalue weighted by molar-refractivity contribution is 7.92. The molecule has 3 nitrogen and oxygen atoms in total. The summed E-state index contributed by atoms with van der Waals surface area (Å²) in [4.78, 5) is 0. The molecule has 18 heteroatoms. The zero-order valence-electron chi connectivity index (χ0n) is 21.4. The summed E-state index contributed by atoms with van der Waals surface area (Å²) in [5, 5.41) is -4.36. The fourth-order valence-electron chi connectivity index (χ4n) is 5.89. The topological polar surface area (TPSA) is 43.4 Å². The maximum Gasteiger partial charge on any atom is 0.519 e.